The van der Waals surface area contributed by atoms with Crippen LogP contribution in [-0.4, -0.2) is 38.8 Å². The van der Waals surface area contributed by atoms with E-state index in [1.165, 1.54) is 30.7 Å². The molecular weight excluding hydrogens is 341 g/mol. The van der Waals surface area contributed by atoms with Crippen LogP contribution in [0.3, 0.4) is 0 Å². The summed E-state index contributed by atoms with van der Waals surface area (Å²) in [6, 6.07) is 0. The molecule has 25 heavy (non-hydrogen) atoms. The maximum atomic E-state index is 13.0. The third kappa shape index (κ3) is 5.02. The molecule has 1 N–H and O–H groups in total. The van der Waals surface area contributed by atoms with Gasteiger partial charge in [-0.05, 0) is 24.8 Å². The molecule has 134 valence electrons. The van der Waals surface area contributed by atoms with Crippen molar-refractivity contribution in [1.29, 1.82) is 0 Å². The minimum atomic E-state index is -0.401. The lowest BCUT2D eigenvalue weighted by Crippen LogP contribution is -2.40. The van der Waals surface area contributed by atoms with Crippen LogP contribution in [0.15, 0.2) is 18.6 Å². The average Bonchev–Trinajstić information content (AvgIpc) is 2.99. The molecular formula is C17H22FN5OS. The Morgan fingerprint density at radius 3 is 2.84 bits per heavy atom. The molecule has 2 aromatic rings. The standard InChI is InChI=1S/C17H22FN5OS/c1-11-3-4-23(10-15-8-21-17(25-15)22-12(2)24)9-13(11)5-16-19-6-14(18)7-20-16/h6-8,11,13H,3-5,9-10H2,1-2H3,(H,21,22,24)/t11-,13+/m1/s1. The third-order valence-electron chi connectivity index (χ3n) is 4.53. The predicted octanol–water partition coefficient (Wildman–Crippen LogP) is 2.73. The fraction of sp³-hybridized carbons (Fsp3) is 0.529. The zero-order valence-corrected chi connectivity index (χ0v) is 15.2. The molecule has 3 rings (SSSR count). The lowest BCUT2D eigenvalue weighted by molar-refractivity contribution is -0.114. The summed E-state index contributed by atoms with van der Waals surface area (Å²) in [6.45, 7) is 6.55. The summed E-state index contributed by atoms with van der Waals surface area (Å²) in [5.74, 6) is 1.23. The SMILES string of the molecule is CC(=O)Nc1ncc(CN2CC[C@@H](C)[C@@H](Cc3ncc(F)cn3)C2)s1. The molecule has 0 radical (unpaired) electrons. The fourth-order valence-corrected chi connectivity index (χ4v) is 4.02. The van der Waals surface area contributed by atoms with E-state index < -0.39 is 5.82 Å². The highest BCUT2D eigenvalue weighted by atomic mass is 32.1. The highest BCUT2D eigenvalue weighted by Gasteiger charge is 2.27. The van der Waals surface area contributed by atoms with E-state index in [0.717, 1.165) is 37.4 Å². The predicted molar refractivity (Wildman–Crippen MR) is 94.7 cm³/mol. The van der Waals surface area contributed by atoms with Crippen molar-refractivity contribution in [3.63, 3.8) is 0 Å². The van der Waals surface area contributed by atoms with Crippen molar-refractivity contribution in [2.24, 2.45) is 11.8 Å². The maximum Gasteiger partial charge on any atom is 0.223 e. The molecule has 0 spiro atoms. The molecule has 0 saturated carbocycles. The molecule has 1 fully saturated rings. The smallest absolute Gasteiger partial charge is 0.223 e. The second kappa shape index (κ2) is 7.97. The van der Waals surface area contributed by atoms with Gasteiger partial charge in [-0.3, -0.25) is 9.69 Å². The van der Waals surface area contributed by atoms with Gasteiger partial charge in [-0.1, -0.05) is 6.92 Å². The van der Waals surface area contributed by atoms with Gasteiger partial charge in [-0.25, -0.2) is 19.3 Å². The molecule has 1 amide bonds. The Morgan fingerprint density at radius 1 is 1.36 bits per heavy atom. The van der Waals surface area contributed by atoms with Gasteiger partial charge in [-0.15, -0.1) is 11.3 Å². The van der Waals surface area contributed by atoms with E-state index in [2.05, 4.69) is 32.1 Å². The molecule has 0 aliphatic carbocycles. The number of piperidine rings is 1. The molecule has 8 heteroatoms. The number of carbonyl (C=O) groups is 1. The molecule has 0 unspecified atom stereocenters. The largest absolute Gasteiger partial charge is 0.302 e. The van der Waals surface area contributed by atoms with Gasteiger partial charge < -0.3 is 5.32 Å². The van der Waals surface area contributed by atoms with Gasteiger partial charge >= 0.3 is 0 Å². The quantitative estimate of drug-likeness (QED) is 0.884. The first-order valence-electron chi connectivity index (χ1n) is 8.40. The van der Waals surface area contributed by atoms with Crippen molar-refractivity contribution in [2.75, 3.05) is 18.4 Å². The summed E-state index contributed by atoms with van der Waals surface area (Å²) < 4.78 is 13.0. The first-order valence-corrected chi connectivity index (χ1v) is 9.22. The van der Waals surface area contributed by atoms with Crippen molar-refractivity contribution < 1.29 is 9.18 Å². The highest BCUT2D eigenvalue weighted by Crippen LogP contribution is 2.28. The van der Waals surface area contributed by atoms with Gasteiger partial charge in [0.25, 0.3) is 0 Å². The molecule has 6 nitrogen and oxygen atoms in total. The number of anilines is 1. The summed E-state index contributed by atoms with van der Waals surface area (Å²) in [5.41, 5.74) is 0. The summed E-state index contributed by atoms with van der Waals surface area (Å²) in [7, 11) is 0. The highest BCUT2D eigenvalue weighted by molar-refractivity contribution is 7.15. The Hall–Kier alpha value is -1.93. The molecule has 2 aromatic heterocycles. The Labute approximate surface area is 150 Å². The van der Waals surface area contributed by atoms with Crippen molar-refractivity contribution in [3.05, 3.63) is 35.1 Å². The zero-order valence-electron chi connectivity index (χ0n) is 14.4. The number of thiazole rings is 1. The van der Waals surface area contributed by atoms with Crippen molar-refractivity contribution in [1.82, 2.24) is 19.9 Å². The van der Waals surface area contributed by atoms with Crippen LogP contribution < -0.4 is 5.32 Å². The Balaban J connectivity index is 1.59. The van der Waals surface area contributed by atoms with E-state index in [0.29, 0.717) is 22.8 Å². The lowest BCUT2D eigenvalue weighted by Gasteiger charge is -2.36. The van der Waals surface area contributed by atoms with Crippen LogP contribution in [0, 0.1) is 17.7 Å². The Bertz CT molecular complexity index is 720. The van der Waals surface area contributed by atoms with Crippen LogP contribution in [0.25, 0.3) is 0 Å². The van der Waals surface area contributed by atoms with Crippen LogP contribution in [0.4, 0.5) is 9.52 Å². The second-order valence-electron chi connectivity index (χ2n) is 6.60. The van der Waals surface area contributed by atoms with Crippen molar-refractivity contribution in [3.8, 4) is 0 Å². The van der Waals surface area contributed by atoms with E-state index in [9.17, 15) is 9.18 Å². The molecule has 1 aliphatic heterocycles. The van der Waals surface area contributed by atoms with Crippen molar-refractivity contribution in [2.45, 2.75) is 33.2 Å². The van der Waals surface area contributed by atoms with Crippen LogP contribution >= 0.6 is 11.3 Å². The molecule has 0 aromatic carbocycles. The molecule has 1 aliphatic rings. The number of amides is 1. The van der Waals surface area contributed by atoms with E-state index in [4.69, 9.17) is 0 Å². The first kappa shape index (κ1) is 17.9. The Morgan fingerprint density at radius 2 is 2.12 bits per heavy atom. The Kier molecular flexibility index (Phi) is 5.70. The van der Waals surface area contributed by atoms with Gasteiger partial charge in [0.1, 0.15) is 5.82 Å². The van der Waals surface area contributed by atoms with Crippen LogP contribution in [0.1, 0.15) is 31.0 Å². The van der Waals surface area contributed by atoms with Gasteiger partial charge in [0.05, 0.1) is 12.4 Å². The first-order chi connectivity index (χ1) is 12.0. The molecule has 1 saturated heterocycles. The van der Waals surface area contributed by atoms with Gasteiger partial charge in [0, 0.05) is 37.5 Å². The summed E-state index contributed by atoms with van der Waals surface area (Å²) in [4.78, 5) is 27.1. The van der Waals surface area contributed by atoms with E-state index >= 15 is 0 Å². The number of carbonyl (C=O) groups excluding carboxylic acids is 1. The maximum absolute atomic E-state index is 13.0. The van der Waals surface area contributed by atoms with Gasteiger partial charge in [0.2, 0.25) is 5.91 Å². The monoisotopic (exact) mass is 363 g/mol. The minimum absolute atomic E-state index is 0.105. The number of rotatable bonds is 5. The number of aromatic nitrogens is 3. The van der Waals surface area contributed by atoms with E-state index in [1.54, 1.807) is 0 Å². The minimum Gasteiger partial charge on any atom is -0.302 e. The second-order valence-corrected chi connectivity index (χ2v) is 7.71. The van der Waals surface area contributed by atoms with Crippen LogP contribution in [0.5, 0.6) is 0 Å². The van der Waals surface area contributed by atoms with E-state index in [-0.39, 0.29) is 5.91 Å². The number of hydrogen-bond donors (Lipinski definition) is 1. The zero-order chi connectivity index (χ0) is 17.8. The summed E-state index contributed by atoms with van der Waals surface area (Å²) in [5, 5.41) is 3.36. The summed E-state index contributed by atoms with van der Waals surface area (Å²) >= 11 is 1.51. The third-order valence-corrected chi connectivity index (χ3v) is 5.43. The molecule has 3 heterocycles. The number of hydrogen-bond acceptors (Lipinski definition) is 6. The summed E-state index contributed by atoms with van der Waals surface area (Å²) in [6.07, 6.45) is 6.16. The van der Waals surface area contributed by atoms with Crippen LogP contribution in [-0.2, 0) is 17.8 Å². The normalized spacial score (nSPS) is 21.2. The molecule has 2 atom stereocenters. The van der Waals surface area contributed by atoms with Crippen molar-refractivity contribution >= 4 is 22.4 Å². The number of halogens is 1. The fourth-order valence-electron chi connectivity index (χ4n) is 3.12. The van der Waals surface area contributed by atoms with Gasteiger partial charge in [-0.2, -0.15) is 0 Å². The van der Waals surface area contributed by atoms with Gasteiger partial charge in [0.15, 0.2) is 10.9 Å². The number of nitrogens with zero attached hydrogens (tertiary/aromatic N) is 4. The lowest BCUT2D eigenvalue weighted by atomic mass is 9.84. The number of likely N-dealkylation sites (tertiary alicyclic amines) is 1. The number of nitrogens with one attached hydrogen (secondary N) is 1. The topological polar surface area (TPSA) is 71.0 Å². The molecule has 0 bridgehead atoms. The van der Waals surface area contributed by atoms with E-state index in [1.807, 2.05) is 6.20 Å². The average molecular weight is 363 g/mol. The van der Waals surface area contributed by atoms with Crippen LogP contribution in [0.2, 0.25) is 0 Å².